The molecule has 0 fully saturated rings. The van der Waals surface area contributed by atoms with Crippen LogP contribution in [0.3, 0.4) is 0 Å². The zero-order valence-electron chi connectivity index (χ0n) is 16.3. The van der Waals surface area contributed by atoms with Crippen LogP contribution in [-0.2, 0) is 0 Å². The number of benzene rings is 2. The molecular formula is C23H20ClN3O3. The fourth-order valence-corrected chi connectivity index (χ4v) is 4.14. The molecule has 0 bridgehead atoms. The van der Waals surface area contributed by atoms with E-state index in [1.807, 2.05) is 48.3 Å². The van der Waals surface area contributed by atoms with Crippen LogP contribution in [0, 0.1) is 0 Å². The van der Waals surface area contributed by atoms with Crippen molar-refractivity contribution in [2.45, 2.75) is 25.6 Å². The standard InChI is InChI=1S/C23H20ClN3O3/c1-2-29-21-8-5-6-15-19-13-18(16-12-14(24)9-10-20(16)28)26-27(19)23(30-22(15)21)17-7-3-4-11-25-17/h3-12,19,23,28H,2,13H2,1H3/t19-,23-/m1/s1. The molecule has 2 atom stereocenters. The van der Waals surface area contributed by atoms with Crippen LogP contribution >= 0.6 is 11.6 Å². The van der Waals surface area contributed by atoms with Gasteiger partial charge in [-0.05, 0) is 43.3 Å². The van der Waals surface area contributed by atoms with E-state index in [1.54, 1.807) is 24.4 Å². The van der Waals surface area contributed by atoms with Gasteiger partial charge < -0.3 is 14.6 Å². The van der Waals surface area contributed by atoms with Crippen LogP contribution in [0.5, 0.6) is 17.2 Å². The predicted molar refractivity (Wildman–Crippen MR) is 114 cm³/mol. The number of rotatable bonds is 4. The summed E-state index contributed by atoms with van der Waals surface area (Å²) >= 11 is 6.18. The van der Waals surface area contributed by atoms with Gasteiger partial charge in [0.15, 0.2) is 11.5 Å². The second-order valence-corrected chi connectivity index (χ2v) is 7.58. The van der Waals surface area contributed by atoms with Gasteiger partial charge in [0.25, 0.3) is 0 Å². The van der Waals surface area contributed by atoms with Gasteiger partial charge in [-0.15, -0.1) is 0 Å². The molecule has 0 amide bonds. The van der Waals surface area contributed by atoms with Crippen molar-refractivity contribution in [1.82, 2.24) is 9.99 Å². The monoisotopic (exact) mass is 421 g/mol. The molecule has 0 aliphatic carbocycles. The molecule has 2 aliphatic heterocycles. The molecule has 0 spiro atoms. The maximum absolute atomic E-state index is 10.4. The van der Waals surface area contributed by atoms with Crippen LogP contribution in [0.2, 0.25) is 5.02 Å². The Morgan fingerprint density at radius 3 is 2.90 bits per heavy atom. The van der Waals surface area contributed by atoms with Gasteiger partial charge in [0.05, 0.1) is 18.4 Å². The van der Waals surface area contributed by atoms with E-state index in [4.69, 9.17) is 26.2 Å². The van der Waals surface area contributed by atoms with Crippen LogP contribution in [0.1, 0.15) is 42.4 Å². The Kier molecular flexibility index (Phi) is 4.71. The summed E-state index contributed by atoms with van der Waals surface area (Å²) in [6.07, 6.45) is 1.83. The lowest BCUT2D eigenvalue weighted by Gasteiger charge is -2.38. The van der Waals surface area contributed by atoms with Crippen molar-refractivity contribution >= 4 is 17.3 Å². The van der Waals surface area contributed by atoms with Gasteiger partial charge in [-0.25, -0.2) is 5.01 Å². The molecule has 152 valence electrons. The van der Waals surface area contributed by atoms with E-state index < -0.39 is 6.23 Å². The van der Waals surface area contributed by atoms with Crippen molar-refractivity contribution in [3.8, 4) is 17.2 Å². The number of para-hydroxylation sites is 1. The molecule has 0 saturated carbocycles. The van der Waals surface area contributed by atoms with Gasteiger partial charge >= 0.3 is 0 Å². The highest BCUT2D eigenvalue weighted by Crippen LogP contribution is 2.50. The number of aromatic hydroxyl groups is 1. The van der Waals surface area contributed by atoms with E-state index in [9.17, 15) is 5.11 Å². The lowest BCUT2D eigenvalue weighted by atomic mass is 9.95. The number of phenolic OH excluding ortho intramolecular Hbond substituents is 1. The Bertz CT molecular complexity index is 1120. The van der Waals surface area contributed by atoms with Crippen LogP contribution in [-0.4, -0.2) is 27.4 Å². The summed E-state index contributed by atoms with van der Waals surface area (Å²) in [4.78, 5) is 4.49. The lowest BCUT2D eigenvalue weighted by Crippen LogP contribution is -2.34. The minimum absolute atomic E-state index is 0.0745. The number of pyridine rings is 1. The summed E-state index contributed by atoms with van der Waals surface area (Å²) < 4.78 is 12.2. The number of nitrogens with zero attached hydrogens (tertiary/aromatic N) is 3. The minimum Gasteiger partial charge on any atom is -0.507 e. The highest BCUT2D eigenvalue weighted by Gasteiger charge is 2.43. The molecular weight excluding hydrogens is 402 g/mol. The summed E-state index contributed by atoms with van der Waals surface area (Å²) in [5.74, 6) is 1.56. The molecule has 3 aromatic rings. The van der Waals surface area contributed by atoms with Crippen LogP contribution in [0.25, 0.3) is 0 Å². The van der Waals surface area contributed by atoms with Gasteiger partial charge in [0.2, 0.25) is 6.23 Å². The first-order valence-corrected chi connectivity index (χ1v) is 10.2. The summed E-state index contributed by atoms with van der Waals surface area (Å²) in [6.45, 7) is 2.49. The van der Waals surface area contributed by atoms with Crippen molar-refractivity contribution in [1.29, 1.82) is 0 Å². The lowest BCUT2D eigenvalue weighted by molar-refractivity contribution is -0.0240. The largest absolute Gasteiger partial charge is 0.507 e. The number of phenols is 1. The first-order valence-electron chi connectivity index (χ1n) is 9.83. The molecule has 2 aromatic carbocycles. The number of hydrogen-bond donors (Lipinski definition) is 1. The van der Waals surface area contributed by atoms with Crippen molar-refractivity contribution < 1.29 is 14.6 Å². The Labute approximate surface area is 179 Å². The molecule has 1 N–H and O–H groups in total. The van der Waals surface area contributed by atoms with Gasteiger partial charge in [-0.1, -0.05) is 29.8 Å². The van der Waals surface area contributed by atoms with E-state index >= 15 is 0 Å². The highest BCUT2D eigenvalue weighted by molar-refractivity contribution is 6.31. The van der Waals surface area contributed by atoms with Gasteiger partial charge in [0, 0.05) is 28.8 Å². The molecule has 2 aliphatic rings. The maximum Gasteiger partial charge on any atom is 0.230 e. The summed E-state index contributed by atoms with van der Waals surface area (Å²) in [5.41, 5.74) is 3.12. The van der Waals surface area contributed by atoms with Gasteiger partial charge in [0.1, 0.15) is 11.4 Å². The number of halogens is 1. The number of ether oxygens (including phenoxy) is 2. The summed E-state index contributed by atoms with van der Waals surface area (Å²) in [6, 6.07) is 16.5. The molecule has 0 saturated heterocycles. The number of aromatic nitrogens is 1. The van der Waals surface area contributed by atoms with E-state index in [2.05, 4.69) is 4.98 Å². The molecule has 0 unspecified atom stereocenters. The van der Waals surface area contributed by atoms with Crippen LogP contribution < -0.4 is 9.47 Å². The van der Waals surface area contributed by atoms with Crippen LogP contribution in [0.4, 0.5) is 0 Å². The molecule has 6 nitrogen and oxygen atoms in total. The second kappa shape index (κ2) is 7.54. The van der Waals surface area contributed by atoms with Gasteiger partial charge in [-0.3, -0.25) is 4.98 Å². The van der Waals surface area contributed by atoms with Crippen molar-refractivity contribution in [3.05, 3.63) is 82.6 Å². The topological polar surface area (TPSA) is 67.2 Å². The number of hydrazone groups is 1. The average molecular weight is 422 g/mol. The average Bonchev–Trinajstić information content (AvgIpc) is 3.21. The normalized spacial score (nSPS) is 19.5. The third-order valence-corrected chi connectivity index (χ3v) is 5.53. The van der Waals surface area contributed by atoms with E-state index in [0.717, 1.165) is 17.0 Å². The first-order chi connectivity index (χ1) is 14.7. The number of fused-ring (bicyclic) bond motifs is 3. The molecule has 0 radical (unpaired) electrons. The molecule has 3 heterocycles. The summed E-state index contributed by atoms with van der Waals surface area (Å²) in [7, 11) is 0. The van der Waals surface area contributed by atoms with Crippen LogP contribution in [0.15, 0.2) is 65.9 Å². The van der Waals surface area contributed by atoms with E-state index in [-0.39, 0.29) is 11.8 Å². The highest BCUT2D eigenvalue weighted by atomic mass is 35.5. The maximum atomic E-state index is 10.4. The first kappa shape index (κ1) is 18.8. The zero-order valence-corrected chi connectivity index (χ0v) is 17.1. The molecule has 5 rings (SSSR count). The fourth-order valence-electron chi connectivity index (χ4n) is 3.97. The second-order valence-electron chi connectivity index (χ2n) is 7.14. The fraction of sp³-hybridized carbons (Fsp3) is 0.217. The van der Waals surface area contributed by atoms with E-state index in [0.29, 0.717) is 35.1 Å². The molecule has 7 heteroatoms. The van der Waals surface area contributed by atoms with Crippen molar-refractivity contribution in [2.75, 3.05) is 6.61 Å². The third-order valence-electron chi connectivity index (χ3n) is 5.29. The smallest absolute Gasteiger partial charge is 0.230 e. The minimum atomic E-state index is -0.510. The zero-order chi connectivity index (χ0) is 20.7. The Morgan fingerprint density at radius 2 is 2.10 bits per heavy atom. The predicted octanol–water partition coefficient (Wildman–Crippen LogP) is 5.08. The number of hydrogen-bond acceptors (Lipinski definition) is 6. The summed E-state index contributed by atoms with van der Waals surface area (Å²) in [5, 5.41) is 17.7. The third kappa shape index (κ3) is 3.13. The Balaban J connectivity index is 1.63. The van der Waals surface area contributed by atoms with E-state index in [1.165, 1.54) is 0 Å². The quantitative estimate of drug-likeness (QED) is 0.636. The SMILES string of the molecule is CCOc1cccc2c1O[C@H](c1ccccn1)N1N=C(c3cc(Cl)ccc3O)C[C@H]21. The van der Waals surface area contributed by atoms with Gasteiger partial charge in [-0.2, -0.15) is 5.10 Å². The van der Waals surface area contributed by atoms with Crippen molar-refractivity contribution in [2.24, 2.45) is 5.10 Å². The molecule has 1 aromatic heterocycles. The Hall–Kier alpha value is -3.25. The molecule has 30 heavy (non-hydrogen) atoms. The Morgan fingerprint density at radius 1 is 1.20 bits per heavy atom. The van der Waals surface area contributed by atoms with Crippen molar-refractivity contribution in [3.63, 3.8) is 0 Å².